The van der Waals surface area contributed by atoms with Crippen molar-refractivity contribution in [2.45, 2.75) is 59.5 Å². The van der Waals surface area contributed by atoms with Crippen molar-refractivity contribution in [3.63, 3.8) is 0 Å². The van der Waals surface area contributed by atoms with Gasteiger partial charge in [0.05, 0.1) is 6.04 Å². The third-order valence-electron chi connectivity index (χ3n) is 3.19. The van der Waals surface area contributed by atoms with Crippen LogP contribution in [0.1, 0.15) is 48.0 Å². The molecule has 0 radical (unpaired) electrons. The average molecular weight is 287 g/mol. The number of rotatable bonds is 8. The average Bonchev–Trinajstić information content (AvgIpc) is 2.32. The highest BCUT2D eigenvalue weighted by molar-refractivity contribution is 5.90. The number of Topliss-reactive ketones (excluding diaryl/α,β-unsaturated/α-hetero) is 1. The van der Waals surface area contributed by atoms with E-state index in [0.717, 1.165) is 6.42 Å². The van der Waals surface area contributed by atoms with Crippen LogP contribution in [0.5, 0.6) is 0 Å². The summed E-state index contributed by atoms with van der Waals surface area (Å²) >= 11 is 0. The number of hydrogen-bond acceptors (Lipinski definition) is 5. The molecule has 0 fully saturated rings. The lowest BCUT2D eigenvalue weighted by Crippen LogP contribution is -2.56. The van der Waals surface area contributed by atoms with Gasteiger partial charge in [0, 0.05) is 17.5 Å². The predicted molar refractivity (Wildman–Crippen MR) is 78.9 cm³/mol. The van der Waals surface area contributed by atoms with E-state index in [1.165, 1.54) is 0 Å². The third-order valence-corrected chi connectivity index (χ3v) is 3.19. The third kappa shape index (κ3) is 6.98. The fraction of sp³-hybridized carbons (Fsp3) is 0.857. The first-order valence-electron chi connectivity index (χ1n) is 6.94. The highest BCUT2D eigenvalue weighted by atomic mass is 16.6. The lowest BCUT2D eigenvalue weighted by molar-refractivity contribution is -0.130. The number of ketones is 1. The Hall–Kier alpha value is -0.980. The maximum Gasteiger partial charge on any atom is 0.248 e. The maximum absolute atomic E-state index is 12.6. The molecule has 1 atom stereocenters. The van der Waals surface area contributed by atoms with E-state index in [9.17, 15) is 9.59 Å². The molecule has 0 saturated heterocycles. The van der Waals surface area contributed by atoms with E-state index in [-0.39, 0.29) is 30.4 Å². The van der Waals surface area contributed by atoms with E-state index >= 15 is 0 Å². The summed E-state index contributed by atoms with van der Waals surface area (Å²) in [5, 5.41) is 5.91. The van der Waals surface area contributed by atoms with Crippen molar-refractivity contribution in [3.8, 4) is 0 Å². The van der Waals surface area contributed by atoms with Gasteiger partial charge in [-0.2, -0.15) is 0 Å². The first kappa shape index (κ1) is 19.0. The lowest BCUT2D eigenvalue weighted by Gasteiger charge is -2.33. The zero-order chi connectivity index (χ0) is 16.0. The second-order valence-corrected chi connectivity index (χ2v) is 6.66. The molecule has 1 unspecified atom stereocenters. The van der Waals surface area contributed by atoms with E-state index in [2.05, 4.69) is 15.5 Å². The minimum absolute atomic E-state index is 0.0869. The molecule has 6 heteroatoms. The Morgan fingerprint density at radius 1 is 1.20 bits per heavy atom. The van der Waals surface area contributed by atoms with Crippen LogP contribution >= 0.6 is 0 Å². The van der Waals surface area contributed by atoms with E-state index in [0.29, 0.717) is 0 Å². The molecule has 0 aromatic heterocycles. The van der Waals surface area contributed by atoms with Gasteiger partial charge in [0.1, 0.15) is 6.61 Å². The molecular weight excluding hydrogens is 258 g/mol. The summed E-state index contributed by atoms with van der Waals surface area (Å²) in [6.07, 6.45) is 0.744. The van der Waals surface area contributed by atoms with Crippen molar-refractivity contribution in [3.05, 3.63) is 0 Å². The monoisotopic (exact) mass is 287 g/mol. The predicted octanol–water partition coefficient (Wildman–Crippen LogP) is 0.755. The fourth-order valence-electron chi connectivity index (χ4n) is 1.72. The molecule has 0 aliphatic carbocycles. The molecule has 0 aliphatic rings. The van der Waals surface area contributed by atoms with Gasteiger partial charge in [0.25, 0.3) is 0 Å². The van der Waals surface area contributed by atoms with Gasteiger partial charge in [-0.1, -0.05) is 20.8 Å². The molecule has 0 saturated carbocycles. The second kappa shape index (κ2) is 7.71. The van der Waals surface area contributed by atoms with Gasteiger partial charge in [-0.25, -0.2) is 5.90 Å². The van der Waals surface area contributed by atoms with Gasteiger partial charge in [-0.3, -0.25) is 14.4 Å². The fourth-order valence-corrected chi connectivity index (χ4v) is 1.72. The Labute approximate surface area is 121 Å². The number of nitrogens with one attached hydrogen (secondary N) is 2. The summed E-state index contributed by atoms with van der Waals surface area (Å²) in [5.74, 6) is 4.59. The number of amides is 1. The Balaban J connectivity index is 4.82. The van der Waals surface area contributed by atoms with Crippen LogP contribution in [-0.4, -0.2) is 36.4 Å². The molecule has 6 nitrogen and oxygen atoms in total. The first-order chi connectivity index (χ1) is 9.03. The van der Waals surface area contributed by atoms with E-state index in [1.807, 2.05) is 41.5 Å². The largest absolute Gasteiger partial charge is 0.352 e. The molecular formula is C14H29N3O3. The van der Waals surface area contributed by atoms with E-state index in [1.54, 1.807) is 0 Å². The first-order valence-corrected chi connectivity index (χ1v) is 6.94. The normalized spacial score (nSPS) is 13.9. The molecule has 0 spiro atoms. The Kier molecular flexibility index (Phi) is 7.33. The Morgan fingerprint density at radius 2 is 1.75 bits per heavy atom. The Bertz CT molecular complexity index is 335. The molecule has 20 heavy (non-hydrogen) atoms. The molecule has 0 aliphatic heterocycles. The summed E-state index contributed by atoms with van der Waals surface area (Å²) in [5.41, 5.74) is -0.656. The smallest absolute Gasteiger partial charge is 0.248 e. The minimum Gasteiger partial charge on any atom is -0.352 e. The number of carbonyl (C=O) groups is 2. The minimum atomic E-state index is -0.438. The standard InChI is InChI=1S/C14H29N3O3/c1-7-14(5,6)12(19)10(17-13(2,3)4)8-16-11(18)9-20-15/h10,17H,7-9,15H2,1-6H3,(H,16,18). The quantitative estimate of drug-likeness (QED) is 0.573. The van der Waals surface area contributed by atoms with Crippen molar-refractivity contribution < 1.29 is 14.4 Å². The second-order valence-electron chi connectivity index (χ2n) is 6.66. The van der Waals surface area contributed by atoms with Crippen LogP contribution in [0.25, 0.3) is 0 Å². The van der Waals surface area contributed by atoms with Crippen LogP contribution in [0.2, 0.25) is 0 Å². The number of hydrogen-bond donors (Lipinski definition) is 3. The lowest BCUT2D eigenvalue weighted by atomic mass is 9.81. The van der Waals surface area contributed by atoms with Crippen molar-refractivity contribution in [2.75, 3.05) is 13.2 Å². The van der Waals surface area contributed by atoms with Gasteiger partial charge in [0.15, 0.2) is 5.78 Å². The number of carbonyl (C=O) groups excluding carboxylic acids is 2. The van der Waals surface area contributed by atoms with Crippen LogP contribution < -0.4 is 16.5 Å². The van der Waals surface area contributed by atoms with Crippen molar-refractivity contribution in [1.29, 1.82) is 0 Å². The molecule has 0 aromatic carbocycles. The SMILES string of the molecule is CCC(C)(C)C(=O)C(CNC(=O)CON)NC(C)(C)C. The molecule has 4 N–H and O–H groups in total. The van der Waals surface area contributed by atoms with Gasteiger partial charge in [-0.05, 0) is 27.2 Å². The summed E-state index contributed by atoms with van der Waals surface area (Å²) in [4.78, 5) is 28.2. The van der Waals surface area contributed by atoms with Crippen LogP contribution in [0, 0.1) is 5.41 Å². The highest BCUT2D eigenvalue weighted by Crippen LogP contribution is 2.23. The van der Waals surface area contributed by atoms with Gasteiger partial charge < -0.3 is 10.6 Å². The summed E-state index contributed by atoms with van der Waals surface area (Å²) in [7, 11) is 0. The molecule has 0 bridgehead atoms. The molecule has 0 heterocycles. The van der Waals surface area contributed by atoms with Crippen LogP contribution in [0.3, 0.4) is 0 Å². The molecule has 0 aromatic rings. The van der Waals surface area contributed by atoms with Crippen LogP contribution in [0.4, 0.5) is 0 Å². The van der Waals surface area contributed by atoms with Crippen molar-refractivity contribution >= 4 is 11.7 Å². The Morgan fingerprint density at radius 3 is 2.15 bits per heavy atom. The van der Waals surface area contributed by atoms with Crippen molar-refractivity contribution in [1.82, 2.24) is 10.6 Å². The van der Waals surface area contributed by atoms with Crippen LogP contribution in [-0.2, 0) is 14.4 Å². The van der Waals surface area contributed by atoms with Crippen LogP contribution in [0.15, 0.2) is 0 Å². The number of nitrogens with two attached hydrogens (primary N) is 1. The zero-order valence-electron chi connectivity index (χ0n) is 13.5. The van der Waals surface area contributed by atoms with E-state index < -0.39 is 11.5 Å². The zero-order valence-corrected chi connectivity index (χ0v) is 13.5. The highest BCUT2D eigenvalue weighted by Gasteiger charge is 2.34. The topological polar surface area (TPSA) is 93.5 Å². The summed E-state index contributed by atoms with van der Waals surface area (Å²) in [6, 6.07) is -0.438. The van der Waals surface area contributed by atoms with E-state index in [4.69, 9.17) is 5.90 Å². The van der Waals surface area contributed by atoms with Gasteiger partial charge in [-0.15, -0.1) is 0 Å². The summed E-state index contributed by atoms with van der Waals surface area (Å²) in [6.45, 7) is 11.8. The molecule has 118 valence electrons. The van der Waals surface area contributed by atoms with Gasteiger partial charge >= 0.3 is 0 Å². The molecule has 1 amide bonds. The maximum atomic E-state index is 12.6. The van der Waals surface area contributed by atoms with Crippen molar-refractivity contribution in [2.24, 2.45) is 11.3 Å². The summed E-state index contributed by atoms with van der Waals surface area (Å²) < 4.78 is 0. The van der Waals surface area contributed by atoms with Gasteiger partial charge in [0.2, 0.25) is 5.91 Å². The molecule has 0 rings (SSSR count).